The number of hydrogen-bond donors (Lipinski definition) is 0. The van der Waals surface area contributed by atoms with E-state index in [0.717, 1.165) is 24.3 Å². The molecule has 8 heteroatoms. The van der Waals surface area contributed by atoms with Crippen LogP contribution in [0, 0.1) is 0 Å². The zero-order valence-electron chi connectivity index (χ0n) is 11.0. The predicted molar refractivity (Wildman–Crippen MR) is 70.4 cm³/mol. The van der Waals surface area contributed by atoms with Crippen LogP contribution in [0.3, 0.4) is 0 Å². The van der Waals surface area contributed by atoms with Crippen molar-refractivity contribution in [3.8, 4) is 0 Å². The average Bonchev–Trinajstić information content (AvgIpc) is 2.48. The molecule has 0 radical (unpaired) electrons. The molecule has 0 spiro atoms. The van der Waals surface area contributed by atoms with Crippen molar-refractivity contribution < 1.29 is 31.2 Å². The fraction of sp³-hybridized carbons (Fsp3) is 0.143. The van der Waals surface area contributed by atoms with Gasteiger partial charge in [0.25, 0.3) is 0 Å². The maximum Gasteiger partial charge on any atom is 0.710 e. The third kappa shape index (κ3) is 4.10. The lowest BCUT2D eigenvalue weighted by atomic mass is 10.2. The molecule has 0 saturated carbocycles. The van der Waals surface area contributed by atoms with Crippen LogP contribution >= 0.6 is 8.25 Å². The summed E-state index contributed by atoms with van der Waals surface area (Å²) in [6.45, 7) is 0. The van der Waals surface area contributed by atoms with Crippen LogP contribution in [0.5, 0.6) is 0 Å². The van der Waals surface area contributed by atoms with Gasteiger partial charge in [0.15, 0.2) is 0 Å². The minimum absolute atomic E-state index is 0.620. The van der Waals surface area contributed by atoms with Crippen LogP contribution in [-0.4, -0.2) is 0 Å². The molecule has 22 heavy (non-hydrogen) atoms. The van der Waals surface area contributed by atoms with Crippen molar-refractivity contribution in [3.05, 3.63) is 71.8 Å². The van der Waals surface area contributed by atoms with Gasteiger partial charge in [-0.15, -0.1) is 0 Å². The summed E-state index contributed by atoms with van der Waals surface area (Å²) in [4.78, 5) is 0. The number of halogens is 4. The van der Waals surface area contributed by atoms with Crippen LogP contribution in [0.4, 0.5) is 17.6 Å². The monoisotopic (exact) mass is 333 g/mol. The van der Waals surface area contributed by atoms with E-state index in [1.165, 1.54) is 36.4 Å². The minimum atomic E-state index is -4.01. The van der Waals surface area contributed by atoms with Crippen molar-refractivity contribution in [2.75, 3.05) is 0 Å². The first-order valence-electron chi connectivity index (χ1n) is 6.03. The standard InChI is InChI=1S/C14H10F4O3P/c15-13(16,11-7-3-1-4-8-11)20-22(19)21-14(17,18)12-9-5-2-6-10-12/h1-10H/q+1. The molecule has 0 fully saturated rings. The Balaban J connectivity index is 2.07. The van der Waals surface area contributed by atoms with E-state index < -0.39 is 31.6 Å². The van der Waals surface area contributed by atoms with Crippen LogP contribution in [-0.2, 0) is 25.8 Å². The number of benzene rings is 2. The van der Waals surface area contributed by atoms with Gasteiger partial charge in [-0.1, -0.05) is 60.7 Å². The summed E-state index contributed by atoms with van der Waals surface area (Å²) in [5.41, 5.74) is -1.24. The van der Waals surface area contributed by atoms with Gasteiger partial charge in [-0.05, 0) is 9.05 Å². The number of rotatable bonds is 6. The van der Waals surface area contributed by atoms with E-state index >= 15 is 0 Å². The van der Waals surface area contributed by atoms with Crippen molar-refractivity contribution >= 4 is 8.25 Å². The SMILES string of the molecule is O=[P+](OC(F)(F)c1ccccc1)OC(F)(F)c1ccccc1. The second-order valence-corrected chi connectivity index (χ2v) is 4.98. The zero-order chi connectivity index (χ0) is 16.2. The first-order valence-corrected chi connectivity index (χ1v) is 7.13. The lowest BCUT2D eigenvalue weighted by Gasteiger charge is -2.11. The van der Waals surface area contributed by atoms with E-state index in [0.29, 0.717) is 0 Å². The highest BCUT2D eigenvalue weighted by Crippen LogP contribution is 2.46. The molecule has 0 atom stereocenters. The largest absolute Gasteiger partial charge is 0.710 e. The van der Waals surface area contributed by atoms with E-state index in [4.69, 9.17) is 0 Å². The Labute approximate surface area is 124 Å². The molecule has 0 unspecified atom stereocenters. The summed E-state index contributed by atoms with van der Waals surface area (Å²) in [5, 5.41) is 0. The van der Waals surface area contributed by atoms with Crippen LogP contribution in [0.2, 0.25) is 0 Å². The molecular weight excluding hydrogens is 323 g/mol. The molecule has 2 aromatic rings. The minimum Gasteiger partial charge on any atom is -0.167 e. The lowest BCUT2D eigenvalue weighted by Crippen LogP contribution is -2.18. The molecule has 0 N–H and O–H groups in total. The van der Waals surface area contributed by atoms with Gasteiger partial charge < -0.3 is 0 Å². The first kappa shape index (κ1) is 16.5. The molecular formula is C14H10F4O3P+. The van der Waals surface area contributed by atoms with Crippen LogP contribution < -0.4 is 0 Å². The van der Waals surface area contributed by atoms with Crippen LogP contribution in [0.15, 0.2) is 60.7 Å². The summed E-state index contributed by atoms with van der Waals surface area (Å²) in [6.07, 6.45) is -8.02. The molecule has 0 aliphatic heterocycles. The van der Waals surface area contributed by atoms with Crippen molar-refractivity contribution in [2.24, 2.45) is 0 Å². The van der Waals surface area contributed by atoms with E-state index in [-0.39, 0.29) is 0 Å². The lowest BCUT2D eigenvalue weighted by molar-refractivity contribution is -0.220. The van der Waals surface area contributed by atoms with Gasteiger partial charge >= 0.3 is 20.5 Å². The second kappa shape index (κ2) is 6.52. The molecule has 0 bridgehead atoms. The van der Waals surface area contributed by atoms with E-state index in [9.17, 15) is 22.1 Å². The Morgan fingerprint density at radius 2 is 1.00 bits per heavy atom. The third-order valence-corrected chi connectivity index (χ3v) is 3.35. The molecule has 2 aromatic carbocycles. The molecule has 0 saturated heterocycles. The highest BCUT2D eigenvalue weighted by molar-refractivity contribution is 7.33. The summed E-state index contributed by atoms with van der Waals surface area (Å²) >= 11 is 0. The maximum absolute atomic E-state index is 13.7. The topological polar surface area (TPSA) is 35.5 Å². The Kier molecular flexibility index (Phi) is 4.90. The molecule has 0 aliphatic carbocycles. The first-order chi connectivity index (χ1) is 10.3. The predicted octanol–water partition coefficient (Wildman–Crippen LogP) is 5.18. The number of hydrogen-bond acceptors (Lipinski definition) is 3. The van der Waals surface area contributed by atoms with Crippen molar-refractivity contribution in [1.82, 2.24) is 0 Å². The fourth-order valence-electron chi connectivity index (χ4n) is 1.58. The molecule has 0 aliphatic rings. The summed E-state index contributed by atoms with van der Waals surface area (Å²) in [6, 6.07) is 12.2. The van der Waals surface area contributed by atoms with Gasteiger partial charge in [0.05, 0.1) is 11.1 Å². The van der Waals surface area contributed by atoms with Gasteiger partial charge in [0, 0.05) is 4.57 Å². The molecule has 0 aromatic heterocycles. The Morgan fingerprint density at radius 1 is 0.682 bits per heavy atom. The quantitative estimate of drug-likeness (QED) is 0.540. The van der Waals surface area contributed by atoms with Crippen LogP contribution in [0.1, 0.15) is 11.1 Å². The smallest absolute Gasteiger partial charge is 0.167 e. The van der Waals surface area contributed by atoms with Crippen molar-refractivity contribution in [3.63, 3.8) is 0 Å². The van der Waals surface area contributed by atoms with Gasteiger partial charge in [0.2, 0.25) is 0 Å². The molecule has 0 amide bonds. The summed E-state index contributed by atoms with van der Waals surface area (Å²) < 4.78 is 73.7. The maximum atomic E-state index is 13.7. The highest BCUT2D eigenvalue weighted by atomic mass is 31.1. The van der Waals surface area contributed by atoms with Gasteiger partial charge in [-0.3, -0.25) is 0 Å². The normalized spacial score (nSPS) is 12.2. The Hall–Kier alpha value is -1.82. The van der Waals surface area contributed by atoms with Crippen molar-refractivity contribution in [1.29, 1.82) is 0 Å². The Bertz CT molecular complexity index is 580. The Morgan fingerprint density at radius 3 is 1.32 bits per heavy atom. The average molecular weight is 333 g/mol. The van der Waals surface area contributed by atoms with Gasteiger partial charge in [0.1, 0.15) is 0 Å². The fourth-order valence-corrected chi connectivity index (χ4v) is 2.20. The number of alkyl halides is 4. The molecule has 0 heterocycles. The van der Waals surface area contributed by atoms with Crippen LogP contribution in [0.25, 0.3) is 0 Å². The summed E-state index contributed by atoms with van der Waals surface area (Å²) in [7, 11) is -3.75. The van der Waals surface area contributed by atoms with Gasteiger partial charge in [-0.25, -0.2) is 0 Å². The summed E-state index contributed by atoms with van der Waals surface area (Å²) in [5.74, 6) is 0. The molecule has 3 nitrogen and oxygen atoms in total. The van der Waals surface area contributed by atoms with E-state index in [1.807, 2.05) is 0 Å². The molecule has 2 rings (SSSR count). The van der Waals surface area contributed by atoms with E-state index in [2.05, 4.69) is 9.05 Å². The molecule has 116 valence electrons. The second-order valence-electron chi connectivity index (χ2n) is 4.17. The highest BCUT2D eigenvalue weighted by Gasteiger charge is 2.51. The zero-order valence-corrected chi connectivity index (χ0v) is 11.9. The third-order valence-electron chi connectivity index (χ3n) is 2.60. The van der Waals surface area contributed by atoms with Crippen molar-refractivity contribution in [2.45, 2.75) is 12.2 Å². The van der Waals surface area contributed by atoms with Gasteiger partial charge in [-0.2, -0.15) is 17.6 Å². The van der Waals surface area contributed by atoms with E-state index in [1.54, 1.807) is 0 Å².